The Balaban J connectivity index is 2.03. The Kier molecular flexibility index (Phi) is 6.28. The Hall–Kier alpha value is -1.11. The summed E-state index contributed by atoms with van der Waals surface area (Å²) in [7, 11) is -3.54. The van der Waals surface area contributed by atoms with E-state index in [-0.39, 0.29) is 22.8 Å². The van der Waals surface area contributed by atoms with Crippen LogP contribution in [0.3, 0.4) is 0 Å². The van der Waals surface area contributed by atoms with Crippen molar-refractivity contribution in [3.63, 3.8) is 0 Å². The highest BCUT2D eigenvalue weighted by Crippen LogP contribution is 2.26. The van der Waals surface area contributed by atoms with Crippen molar-refractivity contribution in [2.75, 3.05) is 13.1 Å². The van der Waals surface area contributed by atoms with Gasteiger partial charge in [0.15, 0.2) is 0 Å². The van der Waals surface area contributed by atoms with Crippen LogP contribution in [-0.4, -0.2) is 37.8 Å². The van der Waals surface area contributed by atoms with Gasteiger partial charge in [0.05, 0.1) is 4.90 Å². The van der Waals surface area contributed by atoms with E-state index in [1.807, 2.05) is 13.8 Å². The van der Waals surface area contributed by atoms with Gasteiger partial charge in [-0.1, -0.05) is 18.5 Å². The summed E-state index contributed by atoms with van der Waals surface area (Å²) in [4.78, 5) is 12.4. The molecule has 1 fully saturated rings. The average Bonchev–Trinajstić information content (AvgIpc) is 2.57. The van der Waals surface area contributed by atoms with Crippen molar-refractivity contribution >= 4 is 27.5 Å². The van der Waals surface area contributed by atoms with E-state index < -0.39 is 10.0 Å². The van der Waals surface area contributed by atoms with Crippen molar-refractivity contribution in [1.82, 2.24) is 9.62 Å². The number of halogens is 1. The molecule has 1 heterocycles. The minimum absolute atomic E-state index is 0.0312. The van der Waals surface area contributed by atoms with Gasteiger partial charge in [-0.25, -0.2) is 8.42 Å². The maximum Gasteiger partial charge on any atom is 0.243 e. The summed E-state index contributed by atoms with van der Waals surface area (Å²) in [6.45, 7) is 6.51. The molecular formula is C17H25ClN2O3S. The lowest BCUT2D eigenvalue weighted by Crippen LogP contribution is -2.44. The van der Waals surface area contributed by atoms with E-state index in [9.17, 15) is 13.2 Å². The fourth-order valence-electron chi connectivity index (χ4n) is 2.75. The molecule has 1 saturated heterocycles. The zero-order valence-electron chi connectivity index (χ0n) is 14.4. The molecular weight excluding hydrogens is 348 g/mol. The Morgan fingerprint density at radius 3 is 2.54 bits per heavy atom. The van der Waals surface area contributed by atoms with E-state index in [0.29, 0.717) is 31.0 Å². The molecule has 0 saturated carbocycles. The second-order valence-corrected chi connectivity index (χ2v) is 8.75. The third-order valence-corrected chi connectivity index (χ3v) is 6.91. The molecule has 0 aromatic heterocycles. The molecule has 1 aromatic carbocycles. The van der Waals surface area contributed by atoms with Crippen LogP contribution in [0.1, 0.15) is 38.7 Å². The standard InChI is InChI=1S/C17H25ClN2O3S/c1-4-13(3)19-17(21)14-7-9-20(10-8-14)24(22,23)15-5-6-16(18)12(2)11-15/h5-6,11,13-14H,4,7-10H2,1-3H3,(H,19,21). The van der Waals surface area contributed by atoms with Gasteiger partial charge >= 0.3 is 0 Å². The zero-order chi connectivity index (χ0) is 17.9. The second-order valence-electron chi connectivity index (χ2n) is 6.41. The van der Waals surface area contributed by atoms with Crippen LogP contribution in [0.4, 0.5) is 0 Å². The molecule has 1 aliphatic rings. The van der Waals surface area contributed by atoms with Crippen LogP contribution in [0, 0.1) is 12.8 Å². The number of carbonyl (C=O) groups excluding carboxylic acids is 1. The highest BCUT2D eigenvalue weighted by atomic mass is 35.5. The molecule has 5 nitrogen and oxygen atoms in total. The number of hydrogen-bond donors (Lipinski definition) is 1. The normalized spacial score (nSPS) is 18.3. The highest BCUT2D eigenvalue weighted by molar-refractivity contribution is 7.89. The summed E-state index contributed by atoms with van der Waals surface area (Å²) < 4.78 is 26.9. The maximum absolute atomic E-state index is 12.7. The van der Waals surface area contributed by atoms with E-state index in [1.165, 1.54) is 10.4 Å². The first-order valence-corrected chi connectivity index (χ1v) is 10.1. The number of carbonyl (C=O) groups is 1. The van der Waals surface area contributed by atoms with Crippen LogP contribution in [0.5, 0.6) is 0 Å². The Labute approximate surface area is 149 Å². The predicted octanol–water partition coefficient (Wildman–Crippen LogP) is 2.96. The summed E-state index contributed by atoms with van der Waals surface area (Å²) in [5.74, 6) is -0.0823. The zero-order valence-corrected chi connectivity index (χ0v) is 16.0. The molecule has 1 amide bonds. The number of benzene rings is 1. The first kappa shape index (κ1) is 19.2. The summed E-state index contributed by atoms with van der Waals surface area (Å²) in [6.07, 6.45) is 1.98. The molecule has 0 aliphatic carbocycles. The molecule has 24 heavy (non-hydrogen) atoms. The van der Waals surface area contributed by atoms with Gasteiger partial charge in [0, 0.05) is 30.1 Å². The van der Waals surface area contributed by atoms with E-state index in [1.54, 1.807) is 19.1 Å². The summed E-state index contributed by atoms with van der Waals surface area (Å²) >= 11 is 5.97. The van der Waals surface area contributed by atoms with Gasteiger partial charge in [-0.05, 0) is 56.9 Å². The van der Waals surface area contributed by atoms with Crippen LogP contribution in [0.2, 0.25) is 5.02 Å². The van der Waals surface area contributed by atoms with Crippen LogP contribution in [0.15, 0.2) is 23.1 Å². The molecule has 0 spiro atoms. The number of nitrogens with zero attached hydrogens (tertiary/aromatic N) is 1. The molecule has 1 unspecified atom stereocenters. The predicted molar refractivity (Wildman–Crippen MR) is 95.6 cm³/mol. The van der Waals surface area contributed by atoms with Gasteiger partial charge in [0.25, 0.3) is 0 Å². The van der Waals surface area contributed by atoms with Gasteiger partial charge in [0.2, 0.25) is 15.9 Å². The number of aryl methyl sites for hydroxylation is 1. The van der Waals surface area contributed by atoms with Gasteiger partial charge in [0.1, 0.15) is 0 Å². The smallest absolute Gasteiger partial charge is 0.243 e. The van der Waals surface area contributed by atoms with Crippen LogP contribution in [0.25, 0.3) is 0 Å². The number of nitrogens with one attached hydrogen (secondary N) is 1. The van der Waals surface area contributed by atoms with E-state index >= 15 is 0 Å². The molecule has 1 N–H and O–H groups in total. The van der Waals surface area contributed by atoms with Gasteiger partial charge in [-0.2, -0.15) is 4.31 Å². The van der Waals surface area contributed by atoms with Crippen LogP contribution >= 0.6 is 11.6 Å². The van der Waals surface area contributed by atoms with E-state index in [2.05, 4.69) is 5.32 Å². The first-order chi connectivity index (χ1) is 11.3. The number of piperidine rings is 1. The lowest BCUT2D eigenvalue weighted by molar-refractivity contribution is -0.126. The van der Waals surface area contributed by atoms with Gasteiger partial charge < -0.3 is 5.32 Å². The molecule has 0 radical (unpaired) electrons. The Bertz CT molecular complexity index is 698. The minimum Gasteiger partial charge on any atom is -0.353 e. The average molecular weight is 373 g/mol. The summed E-state index contributed by atoms with van der Waals surface area (Å²) in [5, 5.41) is 3.53. The number of rotatable bonds is 5. The van der Waals surface area contributed by atoms with Crippen molar-refractivity contribution in [2.45, 2.75) is 51.0 Å². The second kappa shape index (κ2) is 7.85. The maximum atomic E-state index is 12.7. The van der Waals surface area contributed by atoms with E-state index in [4.69, 9.17) is 11.6 Å². The Morgan fingerprint density at radius 1 is 1.38 bits per heavy atom. The fraction of sp³-hybridized carbons (Fsp3) is 0.588. The SMILES string of the molecule is CCC(C)NC(=O)C1CCN(S(=O)(=O)c2ccc(Cl)c(C)c2)CC1. The summed E-state index contributed by atoms with van der Waals surface area (Å²) in [6, 6.07) is 4.89. The highest BCUT2D eigenvalue weighted by Gasteiger charge is 2.32. The van der Waals surface area contributed by atoms with Crippen molar-refractivity contribution in [2.24, 2.45) is 5.92 Å². The van der Waals surface area contributed by atoms with Gasteiger partial charge in [-0.3, -0.25) is 4.79 Å². The largest absolute Gasteiger partial charge is 0.353 e. The van der Waals surface area contributed by atoms with Crippen LogP contribution < -0.4 is 5.32 Å². The molecule has 1 aromatic rings. The molecule has 134 valence electrons. The lowest BCUT2D eigenvalue weighted by atomic mass is 9.97. The van der Waals surface area contributed by atoms with Crippen molar-refractivity contribution in [3.05, 3.63) is 28.8 Å². The van der Waals surface area contributed by atoms with Crippen molar-refractivity contribution < 1.29 is 13.2 Å². The lowest BCUT2D eigenvalue weighted by Gasteiger charge is -2.31. The van der Waals surface area contributed by atoms with Crippen molar-refractivity contribution in [1.29, 1.82) is 0 Å². The minimum atomic E-state index is -3.54. The van der Waals surface area contributed by atoms with E-state index in [0.717, 1.165) is 12.0 Å². The van der Waals surface area contributed by atoms with Crippen molar-refractivity contribution in [3.8, 4) is 0 Å². The monoisotopic (exact) mass is 372 g/mol. The Morgan fingerprint density at radius 2 is 2.00 bits per heavy atom. The molecule has 1 aliphatic heterocycles. The molecule has 0 bridgehead atoms. The number of sulfonamides is 1. The molecule has 1 atom stereocenters. The molecule has 2 rings (SSSR count). The fourth-order valence-corrected chi connectivity index (χ4v) is 4.42. The topological polar surface area (TPSA) is 66.5 Å². The van der Waals surface area contributed by atoms with Crippen LogP contribution in [-0.2, 0) is 14.8 Å². The number of amides is 1. The van der Waals surface area contributed by atoms with Gasteiger partial charge in [-0.15, -0.1) is 0 Å². The third kappa shape index (κ3) is 4.29. The molecule has 7 heteroatoms. The number of hydrogen-bond acceptors (Lipinski definition) is 3. The quantitative estimate of drug-likeness (QED) is 0.864. The third-order valence-electron chi connectivity index (χ3n) is 4.59. The first-order valence-electron chi connectivity index (χ1n) is 8.32. The summed E-state index contributed by atoms with van der Waals surface area (Å²) in [5.41, 5.74) is 0.737.